The molecule has 26 heavy (non-hydrogen) atoms. The molecule has 1 amide bonds. The van der Waals surface area contributed by atoms with Gasteiger partial charge in [-0.2, -0.15) is 0 Å². The highest BCUT2D eigenvalue weighted by molar-refractivity contribution is 7.14. The number of anilines is 1. The van der Waals surface area contributed by atoms with Gasteiger partial charge in [-0.05, 0) is 19.1 Å². The summed E-state index contributed by atoms with van der Waals surface area (Å²) in [6.45, 7) is 1.95. The molecule has 0 unspecified atom stereocenters. The Morgan fingerprint density at radius 2 is 1.96 bits per heavy atom. The van der Waals surface area contributed by atoms with E-state index >= 15 is 0 Å². The fourth-order valence-electron chi connectivity index (χ4n) is 2.46. The van der Waals surface area contributed by atoms with E-state index in [1.807, 2.05) is 41.9 Å². The van der Waals surface area contributed by atoms with Crippen molar-refractivity contribution in [3.63, 3.8) is 0 Å². The number of aromatic nitrogens is 3. The van der Waals surface area contributed by atoms with Crippen molar-refractivity contribution in [1.29, 1.82) is 0 Å². The maximum Gasteiger partial charge on any atom is 0.273 e. The number of carbonyl (C=O) groups excluding carboxylic acids is 1. The number of carbonyl (C=O) groups is 1. The molecule has 1 aromatic carbocycles. The molecule has 2 N–H and O–H groups in total. The number of amides is 1. The summed E-state index contributed by atoms with van der Waals surface area (Å²) in [6, 6.07) is 9.27. The Morgan fingerprint density at radius 1 is 1.15 bits per heavy atom. The molecular formula is C18H13ClN4OS2. The zero-order chi connectivity index (χ0) is 18.1. The second kappa shape index (κ2) is 7.03. The van der Waals surface area contributed by atoms with E-state index in [0.29, 0.717) is 15.8 Å². The van der Waals surface area contributed by atoms with Crippen molar-refractivity contribution in [2.24, 2.45) is 0 Å². The van der Waals surface area contributed by atoms with Crippen LogP contribution in [0.25, 0.3) is 22.5 Å². The quantitative estimate of drug-likeness (QED) is 0.476. The Labute approximate surface area is 162 Å². The largest absolute Gasteiger partial charge is 0.357 e. The second-order valence-corrected chi connectivity index (χ2v) is 7.85. The summed E-state index contributed by atoms with van der Waals surface area (Å²) in [5.74, 6) is -0.247. The third kappa shape index (κ3) is 3.41. The fourth-order valence-corrected chi connectivity index (χ4v) is 4.02. The van der Waals surface area contributed by atoms with E-state index in [-0.39, 0.29) is 5.91 Å². The zero-order valence-electron chi connectivity index (χ0n) is 13.6. The summed E-state index contributed by atoms with van der Waals surface area (Å²) in [5.41, 5.74) is 3.78. The van der Waals surface area contributed by atoms with Crippen LogP contribution in [-0.2, 0) is 0 Å². The summed E-state index contributed by atoms with van der Waals surface area (Å²) in [6.07, 6.45) is 1.78. The molecule has 0 radical (unpaired) electrons. The molecule has 8 heteroatoms. The van der Waals surface area contributed by atoms with Crippen LogP contribution in [0.2, 0.25) is 5.02 Å². The summed E-state index contributed by atoms with van der Waals surface area (Å²) >= 11 is 9.13. The first kappa shape index (κ1) is 17.0. The lowest BCUT2D eigenvalue weighted by Gasteiger charge is -2.00. The molecule has 4 aromatic rings. The van der Waals surface area contributed by atoms with Crippen LogP contribution in [-0.4, -0.2) is 20.9 Å². The molecule has 0 aliphatic carbocycles. The highest BCUT2D eigenvalue weighted by atomic mass is 35.5. The molecule has 0 aliphatic rings. The van der Waals surface area contributed by atoms with E-state index < -0.39 is 0 Å². The number of nitrogens with zero attached hydrogens (tertiary/aromatic N) is 2. The molecule has 0 saturated carbocycles. The molecule has 0 spiro atoms. The van der Waals surface area contributed by atoms with Gasteiger partial charge in [0.2, 0.25) is 0 Å². The van der Waals surface area contributed by atoms with Crippen molar-refractivity contribution in [2.45, 2.75) is 6.92 Å². The van der Waals surface area contributed by atoms with Crippen LogP contribution in [0.3, 0.4) is 0 Å². The van der Waals surface area contributed by atoms with Gasteiger partial charge in [0.1, 0.15) is 5.69 Å². The summed E-state index contributed by atoms with van der Waals surface area (Å²) < 4.78 is 0. The normalized spacial score (nSPS) is 10.8. The molecule has 0 fully saturated rings. The number of H-pyrrole nitrogens is 1. The van der Waals surface area contributed by atoms with Gasteiger partial charge in [-0.1, -0.05) is 29.8 Å². The van der Waals surface area contributed by atoms with Gasteiger partial charge in [-0.3, -0.25) is 10.1 Å². The number of nitrogens with one attached hydrogen (secondary N) is 2. The predicted molar refractivity (Wildman–Crippen MR) is 107 cm³/mol. The standard InChI is InChI=1S/C18H13ClN4OS2/c1-10-21-15(8-25-10)11-6-14(20-7-11)17(24)23-18-22-16(9-26-18)12-4-2-3-5-13(12)19/h2-9,20H,1H3,(H,22,23,24). The molecule has 0 saturated heterocycles. The lowest BCUT2D eigenvalue weighted by Crippen LogP contribution is -2.11. The van der Waals surface area contributed by atoms with Crippen molar-refractivity contribution in [3.8, 4) is 22.5 Å². The van der Waals surface area contributed by atoms with E-state index in [1.54, 1.807) is 23.6 Å². The number of halogens is 1. The molecule has 0 aliphatic heterocycles. The van der Waals surface area contributed by atoms with Gasteiger partial charge in [0.05, 0.1) is 16.4 Å². The third-order valence-electron chi connectivity index (χ3n) is 3.72. The van der Waals surface area contributed by atoms with Crippen molar-refractivity contribution >= 4 is 45.3 Å². The minimum atomic E-state index is -0.247. The monoisotopic (exact) mass is 400 g/mol. The van der Waals surface area contributed by atoms with E-state index in [2.05, 4.69) is 20.3 Å². The van der Waals surface area contributed by atoms with E-state index in [0.717, 1.165) is 27.5 Å². The summed E-state index contributed by atoms with van der Waals surface area (Å²) in [5, 5.41) is 8.79. The highest BCUT2D eigenvalue weighted by Crippen LogP contribution is 2.30. The van der Waals surface area contributed by atoms with Crippen LogP contribution < -0.4 is 5.32 Å². The smallest absolute Gasteiger partial charge is 0.273 e. The third-order valence-corrected chi connectivity index (χ3v) is 5.58. The Balaban J connectivity index is 1.51. The first-order valence-corrected chi connectivity index (χ1v) is 9.86. The molecule has 130 valence electrons. The number of aromatic amines is 1. The van der Waals surface area contributed by atoms with Crippen LogP contribution in [0.15, 0.2) is 47.3 Å². The van der Waals surface area contributed by atoms with Gasteiger partial charge >= 0.3 is 0 Å². The average Bonchev–Trinajstić information content (AvgIpc) is 3.35. The van der Waals surface area contributed by atoms with E-state index in [1.165, 1.54) is 11.3 Å². The molecule has 0 atom stereocenters. The van der Waals surface area contributed by atoms with Crippen LogP contribution >= 0.6 is 34.3 Å². The number of thiazole rings is 2. The highest BCUT2D eigenvalue weighted by Gasteiger charge is 2.14. The maximum atomic E-state index is 12.5. The topological polar surface area (TPSA) is 70.7 Å². The van der Waals surface area contributed by atoms with Gasteiger partial charge in [0.15, 0.2) is 5.13 Å². The first-order chi connectivity index (χ1) is 12.6. The van der Waals surface area contributed by atoms with E-state index in [4.69, 9.17) is 11.6 Å². The molecule has 5 nitrogen and oxygen atoms in total. The van der Waals surface area contributed by atoms with Gasteiger partial charge < -0.3 is 4.98 Å². The average molecular weight is 401 g/mol. The van der Waals surface area contributed by atoms with Crippen LogP contribution in [0.1, 0.15) is 15.5 Å². The Bertz CT molecular complexity index is 1080. The van der Waals surface area contributed by atoms with Gasteiger partial charge in [0.25, 0.3) is 5.91 Å². The fraction of sp³-hybridized carbons (Fsp3) is 0.0556. The minimum Gasteiger partial charge on any atom is -0.357 e. The predicted octanol–water partition coefficient (Wildman–Crippen LogP) is 5.48. The van der Waals surface area contributed by atoms with E-state index in [9.17, 15) is 4.79 Å². The van der Waals surface area contributed by atoms with Crippen LogP contribution in [0.4, 0.5) is 5.13 Å². The summed E-state index contributed by atoms with van der Waals surface area (Å²) in [7, 11) is 0. The van der Waals surface area contributed by atoms with Crippen LogP contribution in [0.5, 0.6) is 0 Å². The molecule has 4 rings (SSSR count). The van der Waals surface area contributed by atoms with Gasteiger partial charge in [-0.15, -0.1) is 22.7 Å². The number of hydrogen-bond donors (Lipinski definition) is 2. The van der Waals surface area contributed by atoms with Crippen molar-refractivity contribution in [3.05, 3.63) is 63.0 Å². The van der Waals surface area contributed by atoms with Crippen molar-refractivity contribution < 1.29 is 4.79 Å². The first-order valence-electron chi connectivity index (χ1n) is 7.73. The molecule has 0 bridgehead atoms. The number of aryl methyl sites for hydroxylation is 1. The Kier molecular flexibility index (Phi) is 4.58. The maximum absolute atomic E-state index is 12.5. The summed E-state index contributed by atoms with van der Waals surface area (Å²) in [4.78, 5) is 24.3. The Morgan fingerprint density at radius 3 is 2.73 bits per heavy atom. The zero-order valence-corrected chi connectivity index (χ0v) is 16.0. The van der Waals surface area contributed by atoms with Crippen molar-refractivity contribution in [1.82, 2.24) is 15.0 Å². The molecular weight excluding hydrogens is 388 g/mol. The lowest BCUT2D eigenvalue weighted by atomic mass is 10.2. The Hall–Kier alpha value is -2.48. The van der Waals surface area contributed by atoms with Gasteiger partial charge in [0, 0.05) is 33.1 Å². The van der Waals surface area contributed by atoms with Gasteiger partial charge in [-0.25, -0.2) is 9.97 Å². The lowest BCUT2D eigenvalue weighted by molar-refractivity contribution is 0.102. The number of rotatable bonds is 4. The number of benzene rings is 1. The van der Waals surface area contributed by atoms with Crippen molar-refractivity contribution in [2.75, 3.05) is 5.32 Å². The van der Waals surface area contributed by atoms with Crippen LogP contribution in [0, 0.1) is 6.92 Å². The number of hydrogen-bond acceptors (Lipinski definition) is 5. The second-order valence-electron chi connectivity index (χ2n) is 5.53. The molecule has 3 aromatic heterocycles. The minimum absolute atomic E-state index is 0.247. The molecule has 3 heterocycles. The SMILES string of the molecule is Cc1nc(-c2c[nH]c(C(=O)Nc3nc(-c4ccccc4Cl)cs3)c2)cs1.